The van der Waals surface area contributed by atoms with Gasteiger partial charge in [0.25, 0.3) is 0 Å². The lowest BCUT2D eigenvalue weighted by Crippen LogP contribution is -1.94. The van der Waals surface area contributed by atoms with E-state index in [0.717, 1.165) is 5.56 Å². The van der Waals surface area contributed by atoms with Crippen molar-refractivity contribution in [2.24, 2.45) is 4.99 Å². The Morgan fingerprint density at radius 2 is 2.18 bits per heavy atom. The monoisotopic (exact) mass is 362 g/mol. The molecule has 22 heavy (non-hydrogen) atoms. The van der Waals surface area contributed by atoms with Crippen LogP contribution in [-0.4, -0.2) is 17.9 Å². The second-order valence-electron chi connectivity index (χ2n) is 4.62. The first-order chi connectivity index (χ1) is 10.5. The van der Waals surface area contributed by atoms with Gasteiger partial charge in [-0.2, -0.15) is 5.26 Å². The summed E-state index contributed by atoms with van der Waals surface area (Å²) in [6.07, 6.45) is 1.56. The highest BCUT2D eigenvalue weighted by Gasteiger charge is 2.13. The number of hydrogen-bond acceptors (Lipinski definition) is 5. The standard InChI is InChI=1S/C16H15BrN2O3/c1-4-21-14-6-11(5-13(17)15(14)20)8-19-16-12(7-18)9(2)10(3)22-16/h5-6,8,20H,4H2,1-3H3. The first-order valence-corrected chi connectivity index (χ1v) is 7.46. The van der Waals surface area contributed by atoms with Gasteiger partial charge in [-0.3, -0.25) is 0 Å². The van der Waals surface area contributed by atoms with E-state index in [1.165, 1.54) is 0 Å². The molecule has 1 heterocycles. The zero-order valence-corrected chi connectivity index (χ0v) is 14.1. The number of furan rings is 1. The number of aromatic hydroxyl groups is 1. The number of hydrogen-bond donors (Lipinski definition) is 1. The van der Waals surface area contributed by atoms with E-state index in [0.29, 0.717) is 33.7 Å². The molecular weight excluding hydrogens is 348 g/mol. The molecule has 0 spiro atoms. The summed E-state index contributed by atoms with van der Waals surface area (Å²) < 4.78 is 11.3. The van der Waals surface area contributed by atoms with Crippen LogP contribution in [0.3, 0.4) is 0 Å². The van der Waals surface area contributed by atoms with Gasteiger partial charge in [0.05, 0.1) is 11.1 Å². The van der Waals surface area contributed by atoms with Crippen LogP contribution in [-0.2, 0) is 0 Å². The second kappa shape index (κ2) is 6.67. The topological polar surface area (TPSA) is 78.8 Å². The Labute approximate surface area is 137 Å². The molecule has 0 aliphatic carbocycles. The van der Waals surface area contributed by atoms with Crippen LogP contribution < -0.4 is 4.74 Å². The van der Waals surface area contributed by atoms with Crippen molar-refractivity contribution in [3.05, 3.63) is 39.1 Å². The van der Waals surface area contributed by atoms with Crippen LogP contribution >= 0.6 is 15.9 Å². The van der Waals surface area contributed by atoms with Crippen molar-refractivity contribution in [3.8, 4) is 17.6 Å². The number of rotatable bonds is 4. The minimum Gasteiger partial charge on any atom is -0.503 e. The number of halogens is 1. The predicted molar refractivity (Wildman–Crippen MR) is 87.1 cm³/mol. The van der Waals surface area contributed by atoms with Crippen LogP contribution in [0.1, 0.15) is 29.4 Å². The van der Waals surface area contributed by atoms with Gasteiger partial charge < -0.3 is 14.3 Å². The first-order valence-electron chi connectivity index (χ1n) is 6.67. The molecular formula is C16H15BrN2O3. The molecule has 1 aromatic heterocycles. The number of aryl methyl sites for hydroxylation is 1. The molecule has 0 amide bonds. The van der Waals surface area contributed by atoms with Gasteiger partial charge in [0.2, 0.25) is 5.88 Å². The summed E-state index contributed by atoms with van der Waals surface area (Å²) in [4.78, 5) is 4.23. The number of nitriles is 1. The number of benzene rings is 1. The highest BCUT2D eigenvalue weighted by molar-refractivity contribution is 9.10. The minimum atomic E-state index is 0.0430. The maximum absolute atomic E-state index is 9.88. The first kappa shape index (κ1) is 16.1. The lowest BCUT2D eigenvalue weighted by Gasteiger charge is -2.08. The molecule has 5 nitrogen and oxygen atoms in total. The largest absolute Gasteiger partial charge is 0.503 e. The van der Waals surface area contributed by atoms with E-state index in [-0.39, 0.29) is 11.6 Å². The van der Waals surface area contributed by atoms with Gasteiger partial charge in [-0.15, -0.1) is 0 Å². The van der Waals surface area contributed by atoms with E-state index in [4.69, 9.17) is 14.4 Å². The molecule has 0 saturated heterocycles. The Bertz CT molecular complexity index is 773. The molecule has 0 aliphatic rings. The van der Waals surface area contributed by atoms with E-state index in [2.05, 4.69) is 27.0 Å². The molecule has 0 bridgehead atoms. The Balaban J connectivity index is 2.39. The molecule has 2 rings (SSSR count). The fourth-order valence-corrected chi connectivity index (χ4v) is 2.36. The smallest absolute Gasteiger partial charge is 0.237 e. The van der Waals surface area contributed by atoms with Crippen molar-refractivity contribution in [3.63, 3.8) is 0 Å². The number of phenolic OH excluding ortho intramolecular Hbond substituents is 1. The van der Waals surface area contributed by atoms with Gasteiger partial charge >= 0.3 is 0 Å². The number of phenols is 1. The van der Waals surface area contributed by atoms with Gasteiger partial charge in [-0.1, -0.05) is 0 Å². The third-order valence-electron chi connectivity index (χ3n) is 3.16. The third kappa shape index (κ3) is 3.15. The van der Waals surface area contributed by atoms with Crippen molar-refractivity contribution >= 4 is 28.0 Å². The van der Waals surface area contributed by atoms with Crippen molar-refractivity contribution in [1.82, 2.24) is 0 Å². The van der Waals surface area contributed by atoms with E-state index in [9.17, 15) is 5.11 Å². The Kier molecular flexibility index (Phi) is 4.88. The van der Waals surface area contributed by atoms with E-state index in [1.807, 2.05) is 13.8 Å². The molecule has 2 aromatic rings. The maximum atomic E-state index is 9.88. The summed E-state index contributed by atoms with van der Waals surface area (Å²) in [7, 11) is 0. The van der Waals surface area contributed by atoms with Crippen molar-refractivity contribution < 1.29 is 14.3 Å². The Hall–Kier alpha value is -2.26. The van der Waals surface area contributed by atoms with E-state index < -0.39 is 0 Å². The number of nitrogens with zero attached hydrogens (tertiary/aromatic N) is 2. The van der Waals surface area contributed by atoms with Crippen molar-refractivity contribution in [1.29, 1.82) is 5.26 Å². The zero-order chi connectivity index (χ0) is 16.3. The molecule has 0 unspecified atom stereocenters. The molecule has 1 aromatic carbocycles. The summed E-state index contributed by atoms with van der Waals surface area (Å²) in [5.74, 6) is 1.36. The zero-order valence-electron chi connectivity index (χ0n) is 12.5. The van der Waals surface area contributed by atoms with Gasteiger partial charge in [0, 0.05) is 11.8 Å². The normalized spacial score (nSPS) is 10.9. The van der Waals surface area contributed by atoms with Crippen LogP contribution in [0.4, 0.5) is 5.88 Å². The minimum absolute atomic E-state index is 0.0430. The predicted octanol–water partition coefficient (Wildman–Crippen LogP) is 4.39. The second-order valence-corrected chi connectivity index (χ2v) is 5.47. The average Bonchev–Trinajstić information content (AvgIpc) is 2.76. The van der Waals surface area contributed by atoms with Crippen LogP contribution in [0, 0.1) is 25.2 Å². The molecule has 0 fully saturated rings. The maximum Gasteiger partial charge on any atom is 0.237 e. The summed E-state index contributed by atoms with van der Waals surface area (Å²) in [5.41, 5.74) is 1.93. The molecule has 6 heteroatoms. The van der Waals surface area contributed by atoms with Crippen LogP contribution in [0.5, 0.6) is 11.5 Å². The average molecular weight is 363 g/mol. The summed E-state index contributed by atoms with van der Waals surface area (Å²) >= 11 is 3.27. The van der Waals surface area contributed by atoms with Crippen LogP contribution in [0.25, 0.3) is 0 Å². The highest BCUT2D eigenvalue weighted by Crippen LogP contribution is 2.35. The van der Waals surface area contributed by atoms with Crippen molar-refractivity contribution in [2.45, 2.75) is 20.8 Å². The van der Waals surface area contributed by atoms with Gasteiger partial charge in [0.15, 0.2) is 11.5 Å². The lowest BCUT2D eigenvalue weighted by molar-refractivity contribution is 0.317. The fourth-order valence-electron chi connectivity index (χ4n) is 1.90. The summed E-state index contributed by atoms with van der Waals surface area (Å²) in [6, 6.07) is 5.46. The molecule has 0 saturated carbocycles. The fraction of sp³-hybridized carbons (Fsp3) is 0.250. The van der Waals surface area contributed by atoms with E-state index >= 15 is 0 Å². The van der Waals surface area contributed by atoms with Gasteiger partial charge in [0.1, 0.15) is 17.4 Å². The molecule has 114 valence electrons. The van der Waals surface area contributed by atoms with Gasteiger partial charge in [-0.05, 0) is 54.4 Å². The lowest BCUT2D eigenvalue weighted by atomic mass is 10.2. The summed E-state index contributed by atoms with van der Waals surface area (Å²) in [6.45, 7) is 5.89. The van der Waals surface area contributed by atoms with E-state index in [1.54, 1.807) is 25.3 Å². The number of aliphatic imine (C=N–C) groups is 1. The molecule has 0 radical (unpaired) electrons. The van der Waals surface area contributed by atoms with Crippen LogP contribution in [0.15, 0.2) is 26.0 Å². The third-order valence-corrected chi connectivity index (χ3v) is 3.76. The van der Waals surface area contributed by atoms with Gasteiger partial charge in [-0.25, -0.2) is 4.99 Å². The quantitative estimate of drug-likeness (QED) is 0.818. The molecule has 0 aliphatic heterocycles. The highest BCUT2D eigenvalue weighted by atomic mass is 79.9. The Morgan fingerprint density at radius 3 is 2.82 bits per heavy atom. The molecule has 0 atom stereocenters. The van der Waals surface area contributed by atoms with Crippen LogP contribution in [0.2, 0.25) is 0 Å². The van der Waals surface area contributed by atoms with Crippen molar-refractivity contribution in [2.75, 3.05) is 6.61 Å². The number of ether oxygens (including phenoxy) is 1. The summed E-state index contributed by atoms with van der Waals surface area (Å²) in [5, 5.41) is 19.0. The Morgan fingerprint density at radius 1 is 1.45 bits per heavy atom. The SMILES string of the molecule is CCOc1cc(C=Nc2oc(C)c(C)c2C#N)cc(Br)c1O. The molecule has 1 N–H and O–H groups in total.